The summed E-state index contributed by atoms with van der Waals surface area (Å²) >= 11 is 0. The number of amides is 1. The van der Waals surface area contributed by atoms with E-state index in [2.05, 4.69) is 22.2 Å². The summed E-state index contributed by atoms with van der Waals surface area (Å²) in [6.45, 7) is 3.23. The lowest BCUT2D eigenvalue weighted by atomic mass is 9.83. The molecule has 1 N–H and O–H groups in total. The van der Waals surface area contributed by atoms with Crippen molar-refractivity contribution in [1.82, 2.24) is 9.80 Å². The van der Waals surface area contributed by atoms with Crippen LogP contribution < -0.4 is 10.1 Å². The molecule has 4 rings (SSSR count). The summed E-state index contributed by atoms with van der Waals surface area (Å²) in [6, 6.07) is 11.7. The van der Waals surface area contributed by atoms with Gasteiger partial charge in [-0.3, -0.25) is 9.69 Å². The molecule has 5 nitrogen and oxygen atoms in total. The minimum absolute atomic E-state index is 0.0292. The van der Waals surface area contributed by atoms with Crippen molar-refractivity contribution >= 4 is 11.6 Å². The van der Waals surface area contributed by atoms with Crippen molar-refractivity contribution in [2.24, 2.45) is 11.8 Å². The van der Waals surface area contributed by atoms with Gasteiger partial charge in [-0.15, -0.1) is 0 Å². The summed E-state index contributed by atoms with van der Waals surface area (Å²) in [6.07, 6.45) is 2.91. The summed E-state index contributed by atoms with van der Waals surface area (Å²) in [5.74, 6) is -0.699. The maximum atomic E-state index is 13.6. The molecular weight excluding hydrogens is 412 g/mol. The number of nitrogens with zero attached hydrogens (tertiary/aromatic N) is 2. The number of carbonyl (C=O) groups is 1. The lowest BCUT2D eigenvalue weighted by molar-refractivity contribution is -0.121. The average molecular weight is 444 g/mol. The van der Waals surface area contributed by atoms with Crippen LogP contribution in [0.2, 0.25) is 0 Å². The number of likely N-dealkylation sites (tertiary alicyclic amines) is 2. The Morgan fingerprint density at radius 1 is 1.12 bits per heavy atom. The first kappa shape index (κ1) is 22.7. The molecule has 0 aliphatic carbocycles. The van der Waals surface area contributed by atoms with Crippen molar-refractivity contribution < 1.29 is 18.3 Å². The molecule has 0 radical (unpaired) electrons. The highest BCUT2D eigenvalue weighted by Crippen LogP contribution is 2.35. The first-order chi connectivity index (χ1) is 15.5. The molecule has 0 saturated carbocycles. The molecule has 0 aromatic heterocycles. The molecule has 2 aliphatic heterocycles. The molecule has 0 bridgehead atoms. The number of nitrogens with one attached hydrogen (secondary N) is 1. The number of ether oxygens (including phenoxy) is 1. The van der Waals surface area contributed by atoms with Crippen LogP contribution in [0.1, 0.15) is 24.8 Å². The maximum Gasteiger partial charge on any atom is 0.229 e. The molecule has 32 heavy (non-hydrogen) atoms. The van der Waals surface area contributed by atoms with Crippen LogP contribution in [0, 0.1) is 23.5 Å². The molecule has 0 unspecified atom stereocenters. The summed E-state index contributed by atoms with van der Waals surface area (Å²) in [5, 5.41) is 3.07. The molecule has 2 aromatic carbocycles. The summed E-state index contributed by atoms with van der Waals surface area (Å²) in [5.41, 5.74) is 1.46. The van der Waals surface area contributed by atoms with Crippen molar-refractivity contribution in [3.63, 3.8) is 0 Å². The van der Waals surface area contributed by atoms with Gasteiger partial charge in [0.25, 0.3) is 0 Å². The van der Waals surface area contributed by atoms with Crippen LogP contribution in [-0.2, 0) is 11.3 Å². The Balaban J connectivity index is 1.44. The number of piperidine rings is 1. The molecule has 7 heteroatoms. The molecule has 2 aliphatic rings. The number of para-hydroxylation sites is 2. The molecule has 0 spiro atoms. The molecular formula is C25H31F2N3O2. The smallest absolute Gasteiger partial charge is 0.229 e. The van der Waals surface area contributed by atoms with Crippen molar-refractivity contribution in [2.75, 3.05) is 39.1 Å². The molecule has 2 saturated heterocycles. The fourth-order valence-electron chi connectivity index (χ4n) is 5.33. The van der Waals surface area contributed by atoms with Gasteiger partial charge in [-0.1, -0.05) is 18.2 Å². The largest absolute Gasteiger partial charge is 0.495 e. The van der Waals surface area contributed by atoms with Gasteiger partial charge in [0, 0.05) is 19.1 Å². The monoisotopic (exact) mass is 443 g/mol. The van der Waals surface area contributed by atoms with E-state index >= 15 is 0 Å². The number of halogens is 2. The molecule has 2 fully saturated rings. The van der Waals surface area contributed by atoms with E-state index in [4.69, 9.17) is 4.74 Å². The Hall–Kier alpha value is -2.51. The normalized spacial score (nSPS) is 24.4. The van der Waals surface area contributed by atoms with E-state index in [1.807, 2.05) is 24.3 Å². The van der Waals surface area contributed by atoms with Crippen LogP contribution in [0.25, 0.3) is 0 Å². The Bertz CT molecular complexity index is 955. The lowest BCUT2D eigenvalue weighted by Gasteiger charge is -2.39. The Labute approximate surface area is 188 Å². The third-order valence-corrected chi connectivity index (χ3v) is 6.83. The van der Waals surface area contributed by atoms with Crippen LogP contribution in [-0.4, -0.2) is 55.5 Å². The van der Waals surface area contributed by atoms with E-state index in [0.717, 1.165) is 44.5 Å². The first-order valence-corrected chi connectivity index (χ1v) is 11.3. The summed E-state index contributed by atoms with van der Waals surface area (Å²) < 4.78 is 32.3. The standard InChI is InChI=1S/C25H31F2N3O2/c1-29-13-11-19(25(31)28-22-7-3-4-8-23(22)32-2)24(29)18-6-5-12-30(16-18)15-17-9-10-20(26)21(27)14-17/h3-4,7-10,14,18-19,24H,5-6,11-13,15-16H2,1-2H3,(H,28,31)/t18-,19+,24-/m0/s1. The van der Waals surface area contributed by atoms with Gasteiger partial charge in [0.05, 0.1) is 18.7 Å². The SMILES string of the molecule is COc1ccccc1NC(=O)[C@@H]1CCN(C)[C@H]1[C@H]1CCCN(Cc2ccc(F)c(F)c2)C1. The fourth-order valence-corrected chi connectivity index (χ4v) is 5.33. The van der Waals surface area contributed by atoms with Crippen molar-refractivity contribution in [2.45, 2.75) is 31.8 Å². The van der Waals surface area contributed by atoms with E-state index in [1.165, 1.54) is 12.1 Å². The van der Waals surface area contributed by atoms with Crippen LogP contribution >= 0.6 is 0 Å². The first-order valence-electron chi connectivity index (χ1n) is 11.3. The predicted molar refractivity (Wildman–Crippen MR) is 121 cm³/mol. The maximum absolute atomic E-state index is 13.6. The molecule has 172 valence electrons. The number of benzene rings is 2. The number of hydrogen-bond acceptors (Lipinski definition) is 4. The third kappa shape index (κ3) is 4.94. The molecule has 3 atom stereocenters. The van der Waals surface area contributed by atoms with Crippen LogP contribution in [0.15, 0.2) is 42.5 Å². The van der Waals surface area contributed by atoms with Crippen molar-refractivity contribution in [3.05, 3.63) is 59.7 Å². The minimum Gasteiger partial charge on any atom is -0.495 e. The molecule has 2 aromatic rings. The van der Waals surface area contributed by atoms with Crippen molar-refractivity contribution in [3.8, 4) is 5.75 Å². The number of anilines is 1. The van der Waals surface area contributed by atoms with Gasteiger partial charge >= 0.3 is 0 Å². The minimum atomic E-state index is -0.818. The van der Waals surface area contributed by atoms with Gasteiger partial charge < -0.3 is 15.0 Å². The highest BCUT2D eigenvalue weighted by Gasteiger charge is 2.42. The number of methoxy groups -OCH3 is 1. The Morgan fingerprint density at radius 2 is 1.94 bits per heavy atom. The van der Waals surface area contributed by atoms with Gasteiger partial charge in [0.1, 0.15) is 5.75 Å². The molecule has 2 heterocycles. The third-order valence-electron chi connectivity index (χ3n) is 6.83. The van der Waals surface area contributed by atoms with E-state index in [9.17, 15) is 13.6 Å². The van der Waals surface area contributed by atoms with Gasteiger partial charge in [-0.2, -0.15) is 0 Å². The van der Waals surface area contributed by atoms with E-state index in [-0.39, 0.29) is 17.9 Å². The van der Waals surface area contributed by atoms with Crippen molar-refractivity contribution in [1.29, 1.82) is 0 Å². The zero-order valence-electron chi connectivity index (χ0n) is 18.7. The van der Waals surface area contributed by atoms with Crippen LogP contribution in [0.3, 0.4) is 0 Å². The number of rotatable bonds is 6. The highest BCUT2D eigenvalue weighted by molar-refractivity contribution is 5.94. The second-order valence-electron chi connectivity index (χ2n) is 8.94. The number of hydrogen-bond donors (Lipinski definition) is 1. The van der Waals surface area contributed by atoms with E-state index in [1.54, 1.807) is 13.2 Å². The quantitative estimate of drug-likeness (QED) is 0.729. The fraction of sp³-hybridized carbons (Fsp3) is 0.480. The predicted octanol–water partition coefficient (Wildman–Crippen LogP) is 4.14. The van der Waals surface area contributed by atoms with E-state index in [0.29, 0.717) is 23.9 Å². The lowest BCUT2D eigenvalue weighted by Crippen LogP contribution is -2.48. The summed E-state index contributed by atoms with van der Waals surface area (Å²) in [4.78, 5) is 17.8. The number of carbonyl (C=O) groups excluding carboxylic acids is 1. The van der Waals surface area contributed by atoms with Gasteiger partial charge in [0.15, 0.2) is 11.6 Å². The average Bonchev–Trinajstić information content (AvgIpc) is 3.18. The van der Waals surface area contributed by atoms with Gasteiger partial charge in [-0.25, -0.2) is 8.78 Å². The van der Waals surface area contributed by atoms with Gasteiger partial charge in [-0.05, 0) is 75.1 Å². The zero-order valence-corrected chi connectivity index (χ0v) is 18.7. The van der Waals surface area contributed by atoms with Gasteiger partial charge in [0.2, 0.25) is 5.91 Å². The highest BCUT2D eigenvalue weighted by atomic mass is 19.2. The zero-order chi connectivity index (χ0) is 22.7. The summed E-state index contributed by atoms with van der Waals surface area (Å²) in [7, 11) is 3.69. The topological polar surface area (TPSA) is 44.8 Å². The van der Waals surface area contributed by atoms with Crippen LogP contribution in [0.5, 0.6) is 5.75 Å². The second-order valence-corrected chi connectivity index (χ2v) is 8.94. The Morgan fingerprint density at radius 3 is 2.72 bits per heavy atom. The van der Waals surface area contributed by atoms with E-state index < -0.39 is 11.6 Å². The Kier molecular flexibility index (Phi) is 7.06. The molecule has 1 amide bonds. The second kappa shape index (κ2) is 9.96. The van der Waals surface area contributed by atoms with Crippen LogP contribution in [0.4, 0.5) is 14.5 Å².